The quantitative estimate of drug-likeness (QED) is 0.590. The summed E-state index contributed by atoms with van der Waals surface area (Å²) < 4.78 is 0. The average molecular weight is 420 g/mol. The van der Waals surface area contributed by atoms with Gasteiger partial charge in [0, 0.05) is 5.92 Å². The minimum atomic E-state index is 0. The minimum absolute atomic E-state index is 0. The molecule has 0 bridgehead atoms. The van der Waals surface area contributed by atoms with Gasteiger partial charge in [-0.25, -0.2) is 0 Å². The topological polar surface area (TPSA) is 0 Å². The summed E-state index contributed by atoms with van der Waals surface area (Å²) >= 11 is 0. The zero-order chi connectivity index (χ0) is 13.5. The minimum Gasteiger partial charge on any atom is -1.00 e. The smallest absolute Gasteiger partial charge is 1.00 e. The standard InChI is InChI=1S/C20H18.2ClH.Zr/c1-14(18-12-16-7-2-3-8-17(16)13-18)19-11-10-15-6-4-5-9-20(15)19;;;/h2-12,14,19H,13H2,1H3;2*1H;/q;;;+2/p-2. The summed E-state index contributed by atoms with van der Waals surface area (Å²) in [6.07, 6.45) is 8.16. The van der Waals surface area contributed by atoms with Crippen LogP contribution in [0.3, 0.4) is 0 Å². The fraction of sp³-hybridized carbons (Fsp3) is 0.200. The molecule has 2 atom stereocenters. The van der Waals surface area contributed by atoms with Gasteiger partial charge in [-0.2, -0.15) is 0 Å². The van der Waals surface area contributed by atoms with E-state index in [0.29, 0.717) is 11.8 Å². The van der Waals surface area contributed by atoms with Crippen LogP contribution >= 0.6 is 0 Å². The Hall–Kier alpha value is -0.617. The normalized spacial score (nSPS) is 17.8. The Kier molecular flexibility index (Phi) is 7.52. The molecule has 0 saturated carbocycles. The summed E-state index contributed by atoms with van der Waals surface area (Å²) in [5.41, 5.74) is 7.32. The van der Waals surface area contributed by atoms with Crippen molar-refractivity contribution in [3.05, 3.63) is 82.4 Å². The zero-order valence-corrected chi connectivity index (χ0v) is 16.9. The van der Waals surface area contributed by atoms with Gasteiger partial charge in [0.25, 0.3) is 0 Å². The molecule has 0 N–H and O–H groups in total. The van der Waals surface area contributed by atoms with E-state index in [1.165, 1.54) is 22.3 Å². The third-order valence-electron chi connectivity index (χ3n) is 4.75. The molecule has 2 aromatic rings. The van der Waals surface area contributed by atoms with Crippen molar-refractivity contribution < 1.29 is 51.0 Å². The van der Waals surface area contributed by atoms with Crippen LogP contribution in [-0.2, 0) is 32.6 Å². The Bertz CT molecular complexity index is 734. The second-order valence-corrected chi connectivity index (χ2v) is 5.90. The number of fused-ring (bicyclic) bond motifs is 2. The molecule has 0 spiro atoms. The first-order valence-electron chi connectivity index (χ1n) is 7.38. The fourth-order valence-electron chi connectivity index (χ4n) is 3.54. The molecule has 2 aliphatic rings. The molecule has 2 unspecified atom stereocenters. The maximum atomic E-state index is 2.40. The third-order valence-corrected chi connectivity index (χ3v) is 4.75. The van der Waals surface area contributed by atoms with Crippen LogP contribution in [0.25, 0.3) is 12.2 Å². The van der Waals surface area contributed by atoms with Crippen molar-refractivity contribution in [2.75, 3.05) is 0 Å². The summed E-state index contributed by atoms with van der Waals surface area (Å²) in [5, 5.41) is 0. The van der Waals surface area contributed by atoms with Crippen LogP contribution in [0, 0.1) is 5.92 Å². The summed E-state index contributed by atoms with van der Waals surface area (Å²) in [7, 11) is 0. The Morgan fingerprint density at radius 1 is 0.913 bits per heavy atom. The first-order valence-corrected chi connectivity index (χ1v) is 7.38. The second kappa shape index (κ2) is 8.47. The molecule has 0 nitrogen and oxygen atoms in total. The van der Waals surface area contributed by atoms with Crippen LogP contribution in [0.15, 0.2) is 60.2 Å². The van der Waals surface area contributed by atoms with E-state index in [9.17, 15) is 0 Å². The van der Waals surface area contributed by atoms with E-state index in [4.69, 9.17) is 0 Å². The Labute approximate surface area is 170 Å². The van der Waals surface area contributed by atoms with E-state index in [0.717, 1.165) is 6.42 Å². The number of halogens is 2. The van der Waals surface area contributed by atoms with Crippen molar-refractivity contribution in [2.45, 2.75) is 19.3 Å². The number of hydrogen-bond donors (Lipinski definition) is 0. The first-order chi connectivity index (χ1) is 9.83. The van der Waals surface area contributed by atoms with Gasteiger partial charge in [-0.1, -0.05) is 79.3 Å². The Balaban J connectivity index is 0.000000882. The van der Waals surface area contributed by atoms with Crippen molar-refractivity contribution >= 4 is 12.2 Å². The molecule has 0 radical (unpaired) electrons. The van der Waals surface area contributed by atoms with E-state index in [2.05, 4.69) is 73.7 Å². The van der Waals surface area contributed by atoms with Gasteiger partial charge in [0.1, 0.15) is 0 Å². The number of hydrogen-bond acceptors (Lipinski definition) is 0. The molecule has 0 aliphatic heterocycles. The average Bonchev–Trinajstić information content (AvgIpc) is 3.10. The van der Waals surface area contributed by atoms with Crippen LogP contribution in [-0.4, -0.2) is 0 Å². The van der Waals surface area contributed by atoms with Gasteiger partial charge in [-0.3, -0.25) is 0 Å². The monoisotopic (exact) mass is 418 g/mol. The van der Waals surface area contributed by atoms with Crippen LogP contribution in [0.5, 0.6) is 0 Å². The molecular weight excluding hydrogens is 402 g/mol. The molecule has 23 heavy (non-hydrogen) atoms. The van der Waals surface area contributed by atoms with Crippen molar-refractivity contribution in [2.24, 2.45) is 5.92 Å². The molecule has 0 saturated heterocycles. The van der Waals surface area contributed by atoms with Gasteiger partial charge < -0.3 is 24.8 Å². The molecule has 3 heteroatoms. The number of rotatable bonds is 2. The van der Waals surface area contributed by atoms with Crippen molar-refractivity contribution in [1.82, 2.24) is 0 Å². The van der Waals surface area contributed by atoms with Crippen LogP contribution in [0.4, 0.5) is 0 Å². The van der Waals surface area contributed by atoms with E-state index in [1.807, 2.05) is 0 Å². The summed E-state index contributed by atoms with van der Waals surface area (Å²) in [4.78, 5) is 0. The van der Waals surface area contributed by atoms with Gasteiger partial charge in [0.05, 0.1) is 0 Å². The zero-order valence-electron chi connectivity index (χ0n) is 13.0. The molecule has 4 rings (SSSR count). The van der Waals surface area contributed by atoms with E-state index in [-0.39, 0.29) is 51.0 Å². The molecule has 0 amide bonds. The van der Waals surface area contributed by atoms with Gasteiger partial charge in [-0.05, 0) is 34.6 Å². The van der Waals surface area contributed by atoms with E-state index in [1.54, 1.807) is 5.57 Å². The van der Waals surface area contributed by atoms with E-state index >= 15 is 0 Å². The summed E-state index contributed by atoms with van der Waals surface area (Å²) in [6, 6.07) is 17.5. The summed E-state index contributed by atoms with van der Waals surface area (Å²) in [6.45, 7) is 2.37. The van der Waals surface area contributed by atoms with Crippen molar-refractivity contribution in [3.63, 3.8) is 0 Å². The van der Waals surface area contributed by atoms with Gasteiger partial charge >= 0.3 is 26.2 Å². The van der Waals surface area contributed by atoms with Gasteiger partial charge in [0.15, 0.2) is 0 Å². The molecule has 0 fully saturated rings. The third kappa shape index (κ3) is 3.73. The second-order valence-electron chi connectivity index (χ2n) is 5.90. The number of benzene rings is 2. The Morgan fingerprint density at radius 3 is 2.30 bits per heavy atom. The van der Waals surface area contributed by atoms with Crippen LogP contribution in [0.1, 0.15) is 35.1 Å². The molecule has 116 valence electrons. The predicted molar refractivity (Wildman–Crippen MR) is 85.5 cm³/mol. The van der Waals surface area contributed by atoms with Crippen LogP contribution in [0.2, 0.25) is 0 Å². The largest absolute Gasteiger partial charge is 2.00 e. The molecule has 2 aromatic carbocycles. The first kappa shape index (κ1) is 20.4. The SMILES string of the molecule is CC(C1=Cc2ccccc2C1)C1C=Cc2ccccc21.[Cl-].[Cl-].[Zr+2]. The van der Waals surface area contributed by atoms with Gasteiger partial charge in [-0.15, -0.1) is 0 Å². The predicted octanol–water partition coefficient (Wildman–Crippen LogP) is -0.922. The maximum absolute atomic E-state index is 2.40. The maximum Gasteiger partial charge on any atom is 2.00 e. The summed E-state index contributed by atoms with van der Waals surface area (Å²) in [5.74, 6) is 1.11. The molecule has 2 aliphatic carbocycles. The number of allylic oxidation sites excluding steroid dienone is 2. The fourth-order valence-corrected chi connectivity index (χ4v) is 3.54. The van der Waals surface area contributed by atoms with Gasteiger partial charge in [0.2, 0.25) is 0 Å². The van der Waals surface area contributed by atoms with E-state index < -0.39 is 0 Å². The molecular formula is C20H18Cl2Zr. The molecule has 0 heterocycles. The Morgan fingerprint density at radius 2 is 1.57 bits per heavy atom. The molecule has 0 aromatic heterocycles. The van der Waals surface area contributed by atoms with Crippen molar-refractivity contribution in [3.8, 4) is 0 Å². The van der Waals surface area contributed by atoms with Crippen LogP contribution < -0.4 is 24.8 Å². The van der Waals surface area contributed by atoms with Crippen molar-refractivity contribution in [1.29, 1.82) is 0 Å².